The molecular formula is C14H12ClNO2. The predicted molar refractivity (Wildman–Crippen MR) is 72.2 cm³/mol. The molecule has 0 bridgehead atoms. The average molecular weight is 262 g/mol. The molecule has 0 unspecified atom stereocenters. The number of aryl methyl sites for hydroxylation is 1. The second-order valence-corrected chi connectivity index (χ2v) is 4.39. The van der Waals surface area contributed by atoms with Gasteiger partial charge in [-0.05, 0) is 42.8 Å². The van der Waals surface area contributed by atoms with Gasteiger partial charge in [0.2, 0.25) is 0 Å². The fraction of sp³-hybridized carbons (Fsp3) is 0.0714. The number of phenolic OH excluding ortho intramolecular Hbond substituents is 1. The Morgan fingerprint density at radius 1 is 1.22 bits per heavy atom. The molecule has 18 heavy (non-hydrogen) atoms. The van der Waals surface area contributed by atoms with E-state index in [9.17, 15) is 9.90 Å². The maximum atomic E-state index is 12.0. The molecule has 0 aliphatic heterocycles. The van der Waals surface area contributed by atoms with Crippen LogP contribution in [-0.4, -0.2) is 11.0 Å². The number of carbonyl (C=O) groups is 1. The van der Waals surface area contributed by atoms with Gasteiger partial charge < -0.3 is 10.4 Å². The monoisotopic (exact) mass is 261 g/mol. The molecule has 2 aromatic carbocycles. The van der Waals surface area contributed by atoms with Crippen LogP contribution in [0.2, 0.25) is 5.02 Å². The molecule has 3 nitrogen and oxygen atoms in total. The molecule has 1 amide bonds. The standard InChI is InChI=1S/C14H12ClNO2/c1-9-3-2-4-10(7-9)16-14(18)12-8-11(17)5-6-13(12)15/h2-8,17H,1H3,(H,16,18). The summed E-state index contributed by atoms with van der Waals surface area (Å²) in [5.74, 6) is -0.338. The van der Waals surface area contributed by atoms with Gasteiger partial charge in [0, 0.05) is 5.69 Å². The van der Waals surface area contributed by atoms with Gasteiger partial charge in [-0.2, -0.15) is 0 Å². The average Bonchev–Trinajstić information content (AvgIpc) is 2.32. The summed E-state index contributed by atoms with van der Waals surface area (Å²) in [6, 6.07) is 11.7. The highest BCUT2D eigenvalue weighted by Gasteiger charge is 2.11. The topological polar surface area (TPSA) is 49.3 Å². The van der Waals surface area contributed by atoms with Crippen LogP contribution in [0.15, 0.2) is 42.5 Å². The third-order valence-corrected chi connectivity index (χ3v) is 2.80. The summed E-state index contributed by atoms with van der Waals surface area (Å²) in [6.07, 6.45) is 0. The van der Waals surface area contributed by atoms with Crippen molar-refractivity contribution in [3.05, 3.63) is 58.6 Å². The first-order valence-electron chi connectivity index (χ1n) is 5.43. The number of phenols is 1. The van der Waals surface area contributed by atoms with Crippen LogP contribution in [-0.2, 0) is 0 Å². The maximum Gasteiger partial charge on any atom is 0.257 e. The van der Waals surface area contributed by atoms with E-state index in [4.69, 9.17) is 11.6 Å². The van der Waals surface area contributed by atoms with Crippen LogP contribution in [0.3, 0.4) is 0 Å². The predicted octanol–water partition coefficient (Wildman–Crippen LogP) is 3.61. The lowest BCUT2D eigenvalue weighted by molar-refractivity contribution is 0.102. The largest absolute Gasteiger partial charge is 0.508 e. The summed E-state index contributed by atoms with van der Waals surface area (Å²) in [4.78, 5) is 12.0. The Kier molecular flexibility index (Phi) is 3.53. The Morgan fingerprint density at radius 2 is 2.00 bits per heavy atom. The molecule has 0 heterocycles. The summed E-state index contributed by atoms with van der Waals surface area (Å²) in [6.45, 7) is 1.94. The highest BCUT2D eigenvalue weighted by molar-refractivity contribution is 6.34. The summed E-state index contributed by atoms with van der Waals surface area (Å²) < 4.78 is 0. The van der Waals surface area contributed by atoms with Gasteiger partial charge >= 0.3 is 0 Å². The smallest absolute Gasteiger partial charge is 0.257 e. The third kappa shape index (κ3) is 2.81. The van der Waals surface area contributed by atoms with Crippen LogP contribution in [0.5, 0.6) is 5.75 Å². The van der Waals surface area contributed by atoms with E-state index in [2.05, 4.69) is 5.32 Å². The van der Waals surface area contributed by atoms with Crippen LogP contribution in [0, 0.1) is 6.92 Å². The van der Waals surface area contributed by atoms with Crippen molar-refractivity contribution in [3.8, 4) is 5.75 Å². The molecule has 2 rings (SSSR count). The minimum absolute atomic E-state index is 0.00814. The number of aromatic hydroxyl groups is 1. The van der Waals surface area contributed by atoms with Crippen molar-refractivity contribution in [2.75, 3.05) is 5.32 Å². The normalized spacial score (nSPS) is 10.1. The Morgan fingerprint density at radius 3 is 2.72 bits per heavy atom. The second kappa shape index (κ2) is 5.10. The molecule has 0 fully saturated rings. The number of carbonyl (C=O) groups excluding carboxylic acids is 1. The number of anilines is 1. The minimum Gasteiger partial charge on any atom is -0.508 e. The van der Waals surface area contributed by atoms with Crippen molar-refractivity contribution in [2.24, 2.45) is 0 Å². The number of benzene rings is 2. The summed E-state index contributed by atoms with van der Waals surface area (Å²) in [7, 11) is 0. The molecule has 0 saturated heterocycles. The highest BCUT2D eigenvalue weighted by atomic mass is 35.5. The SMILES string of the molecule is Cc1cccc(NC(=O)c2cc(O)ccc2Cl)c1. The Hall–Kier alpha value is -2.00. The number of rotatable bonds is 2. The van der Waals surface area contributed by atoms with Gasteiger partial charge in [0.15, 0.2) is 0 Å². The van der Waals surface area contributed by atoms with Gasteiger partial charge in [-0.15, -0.1) is 0 Å². The van der Waals surface area contributed by atoms with Gasteiger partial charge in [-0.1, -0.05) is 23.7 Å². The van der Waals surface area contributed by atoms with E-state index in [0.29, 0.717) is 10.7 Å². The molecular weight excluding hydrogens is 250 g/mol. The summed E-state index contributed by atoms with van der Waals surface area (Å²) >= 11 is 5.92. The van der Waals surface area contributed by atoms with E-state index in [0.717, 1.165) is 5.56 Å². The van der Waals surface area contributed by atoms with Crippen LogP contribution >= 0.6 is 11.6 Å². The summed E-state index contributed by atoms with van der Waals surface area (Å²) in [5, 5.41) is 12.4. The lowest BCUT2D eigenvalue weighted by Gasteiger charge is -2.07. The van der Waals surface area contributed by atoms with Crippen LogP contribution in [0.1, 0.15) is 15.9 Å². The zero-order valence-electron chi connectivity index (χ0n) is 9.77. The van der Waals surface area contributed by atoms with Gasteiger partial charge in [0.25, 0.3) is 5.91 Å². The summed E-state index contributed by atoms with van der Waals surface area (Å²) in [5.41, 5.74) is 1.99. The van der Waals surface area contributed by atoms with Crippen LogP contribution in [0.4, 0.5) is 5.69 Å². The third-order valence-electron chi connectivity index (χ3n) is 2.47. The first-order valence-corrected chi connectivity index (χ1v) is 5.80. The molecule has 0 aliphatic carbocycles. The van der Waals surface area contributed by atoms with Crippen molar-refractivity contribution in [2.45, 2.75) is 6.92 Å². The fourth-order valence-corrected chi connectivity index (χ4v) is 1.81. The second-order valence-electron chi connectivity index (χ2n) is 3.99. The molecule has 0 atom stereocenters. The molecule has 0 aromatic heterocycles. The number of hydrogen-bond acceptors (Lipinski definition) is 2. The van der Waals surface area contributed by atoms with Gasteiger partial charge in [-0.25, -0.2) is 0 Å². The number of hydrogen-bond donors (Lipinski definition) is 2. The van der Waals surface area contributed by atoms with E-state index in [-0.39, 0.29) is 17.2 Å². The highest BCUT2D eigenvalue weighted by Crippen LogP contribution is 2.22. The van der Waals surface area contributed by atoms with Crippen molar-refractivity contribution < 1.29 is 9.90 Å². The Labute approximate surface area is 110 Å². The quantitative estimate of drug-likeness (QED) is 0.868. The number of amides is 1. The molecule has 0 saturated carbocycles. The van der Waals surface area contributed by atoms with Gasteiger partial charge in [0.05, 0.1) is 10.6 Å². The molecule has 4 heteroatoms. The Bertz CT molecular complexity index is 596. The first-order chi connectivity index (χ1) is 8.56. The molecule has 92 valence electrons. The van der Waals surface area contributed by atoms with Crippen molar-refractivity contribution >= 4 is 23.2 Å². The van der Waals surface area contributed by atoms with E-state index in [1.807, 2.05) is 25.1 Å². The number of nitrogens with one attached hydrogen (secondary N) is 1. The van der Waals surface area contributed by atoms with Crippen molar-refractivity contribution in [1.29, 1.82) is 0 Å². The maximum absolute atomic E-state index is 12.0. The molecule has 0 radical (unpaired) electrons. The van der Waals surface area contributed by atoms with E-state index in [1.165, 1.54) is 18.2 Å². The van der Waals surface area contributed by atoms with Crippen LogP contribution in [0.25, 0.3) is 0 Å². The van der Waals surface area contributed by atoms with Crippen LogP contribution < -0.4 is 5.32 Å². The van der Waals surface area contributed by atoms with E-state index in [1.54, 1.807) is 6.07 Å². The molecule has 0 aliphatic rings. The lowest BCUT2D eigenvalue weighted by atomic mass is 10.2. The zero-order chi connectivity index (χ0) is 13.1. The fourth-order valence-electron chi connectivity index (χ4n) is 1.61. The lowest BCUT2D eigenvalue weighted by Crippen LogP contribution is -2.12. The molecule has 0 spiro atoms. The minimum atomic E-state index is -0.346. The van der Waals surface area contributed by atoms with E-state index >= 15 is 0 Å². The van der Waals surface area contributed by atoms with Gasteiger partial charge in [-0.3, -0.25) is 4.79 Å². The first kappa shape index (κ1) is 12.5. The number of halogens is 1. The van der Waals surface area contributed by atoms with E-state index < -0.39 is 0 Å². The van der Waals surface area contributed by atoms with Crippen molar-refractivity contribution in [3.63, 3.8) is 0 Å². The molecule has 2 N–H and O–H groups in total. The molecule has 2 aromatic rings. The zero-order valence-corrected chi connectivity index (χ0v) is 10.5. The Balaban J connectivity index is 2.24. The van der Waals surface area contributed by atoms with Gasteiger partial charge in [0.1, 0.15) is 5.75 Å². The van der Waals surface area contributed by atoms with Crippen molar-refractivity contribution in [1.82, 2.24) is 0 Å².